The number of ether oxygens (including phenoxy) is 1. The van der Waals surface area contributed by atoms with Crippen LogP contribution in [0.3, 0.4) is 0 Å². The molecule has 1 saturated heterocycles. The number of carboxylic acids is 1. The number of sulfone groups is 1. The maximum absolute atomic E-state index is 12.1. The number of hydrogen-bond acceptors (Lipinski definition) is 5. The van der Waals surface area contributed by atoms with Crippen molar-refractivity contribution in [2.75, 3.05) is 26.0 Å². The highest BCUT2D eigenvalue weighted by molar-refractivity contribution is 7.90. The molecular weight excluding hydrogens is 322 g/mol. The van der Waals surface area contributed by atoms with Gasteiger partial charge in [0.1, 0.15) is 0 Å². The van der Waals surface area contributed by atoms with Crippen molar-refractivity contribution in [2.24, 2.45) is 5.41 Å². The first kappa shape index (κ1) is 17.4. The molecule has 0 aromatic heterocycles. The summed E-state index contributed by atoms with van der Waals surface area (Å²) in [5, 5.41) is 12.0. The zero-order valence-electron chi connectivity index (χ0n) is 12.7. The van der Waals surface area contributed by atoms with Gasteiger partial charge in [-0.05, 0) is 37.1 Å². The van der Waals surface area contributed by atoms with E-state index in [0.29, 0.717) is 26.1 Å². The predicted octanol–water partition coefficient (Wildman–Crippen LogP) is 0.701. The van der Waals surface area contributed by atoms with E-state index in [9.17, 15) is 23.1 Å². The molecule has 1 aliphatic rings. The number of amides is 1. The van der Waals surface area contributed by atoms with E-state index < -0.39 is 27.1 Å². The second-order valence-electron chi connectivity index (χ2n) is 5.68. The zero-order chi connectivity index (χ0) is 17.1. The molecule has 0 aliphatic carbocycles. The Kier molecular flexibility index (Phi) is 5.06. The van der Waals surface area contributed by atoms with Crippen molar-refractivity contribution in [1.82, 2.24) is 5.32 Å². The first-order valence-electron chi connectivity index (χ1n) is 7.14. The highest BCUT2D eigenvalue weighted by atomic mass is 32.2. The Hall–Kier alpha value is -1.93. The summed E-state index contributed by atoms with van der Waals surface area (Å²) in [6.07, 6.45) is 1.77. The largest absolute Gasteiger partial charge is 0.481 e. The molecule has 126 valence electrons. The molecule has 7 nitrogen and oxygen atoms in total. The molecule has 1 amide bonds. The molecule has 1 aromatic rings. The van der Waals surface area contributed by atoms with Crippen molar-refractivity contribution in [3.63, 3.8) is 0 Å². The van der Waals surface area contributed by atoms with Crippen LogP contribution in [0, 0.1) is 5.41 Å². The van der Waals surface area contributed by atoms with Gasteiger partial charge in [-0.3, -0.25) is 9.59 Å². The van der Waals surface area contributed by atoms with Gasteiger partial charge in [0, 0.05) is 31.6 Å². The van der Waals surface area contributed by atoms with Crippen molar-refractivity contribution in [2.45, 2.75) is 17.7 Å². The lowest BCUT2D eigenvalue weighted by Gasteiger charge is -2.33. The molecule has 1 fully saturated rings. The highest BCUT2D eigenvalue weighted by Gasteiger charge is 2.40. The number of nitrogens with one attached hydrogen (secondary N) is 1. The lowest BCUT2D eigenvalue weighted by Crippen LogP contribution is -2.46. The zero-order valence-corrected chi connectivity index (χ0v) is 13.6. The Morgan fingerprint density at radius 1 is 1.22 bits per heavy atom. The predicted molar refractivity (Wildman–Crippen MR) is 82.0 cm³/mol. The van der Waals surface area contributed by atoms with Crippen molar-refractivity contribution in [1.29, 1.82) is 0 Å². The van der Waals surface area contributed by atoms with Crippen LogP contribution in [-0.2, 0) is 19.4 Å². The lowest BCUT2D eigenvalue weighted by atomic mass is 9.80. The van der Waals surface area contributed by atoms with E-state index >= 15 is 0 Å². The van der Waals surface area contributed by atoms with E-state index in [-0.39, 0.29) is 17.0 Å². The van der Waals surface area contributed by atoms with Crippen LogP contribution in [-0.4, -0.2) is 51.4 Å². The first-order chi connectivity index (χ1) is 10.7. The van der Waals surface area contributed by atoms with E-state index in [0.717, 1.165) is 6.26 Å². The van der Waals surface area contributed by atoms with Crippen molar-refractivity contribution in [3.8, 4) is 0 Å². The van der Waals surface area contributed by atoms with Crippen molar-refractivity contribution < 1.29 is 27.9 Å². The minimum atomic E-state index is -3.32. The Morgan fingerprint density at radius 2 is 1.78 bits per heavy atom. The van der Waals surface area contributed by atoms with Gasteiger partial charge in [0.05, 0.1) is 10.3 Å². The van der Waals surface area contributed by atoms with Gasteiger partial charge in [-0.25, -0.2) is 8.42 Å². The number of carbonyl (C=O) groups excluding carboxylic acids is 1. The number of carboxylic acid groups (broad SMARTS) is 1. The molecule has 0 bridgehead atoms. The maximum atomic E-state index is 12.1. The van der Waals surface area contributed by atoms with E-state index in [4.69, 9.17) is 4.74 Å². The molecule has 2 rings (SSSR count). The molecular formula is C15H19NO6S. The third-order valence-electron chi connectivity index (χ3n) is 4.04. The van der Waals surface area contributed by atoms with Crippen molar-refractivity contribution >= 4 is 21.7 Å². The summed E-state index contributed by atoms with van der Waals surface area (Å²) in [5.74, 6) is -1.38. The van der Waals surface area contributed by atoms with E-state index in [1.807, 2.05) is 0 Å². The molecule has 0 radical (unpaired) electrons. The summed E-state index contributed by atoms with van der Waals surface area (Å²) in [6.45, 7) is 0.717. The molecule has 1 heterocycles. The number of hydrogen-bond donors (Lipinski definition) is 2. The fourth-order valence-corrected chi connectivity index (χ4v) is 3.06. The van der Waals surface area contributed by atoms with Crippen LogP contribution in [0.15, 0.2) is 29.2 Å². The second kappa shape index (κ2) is 6.67. The molecule has 2 N–H and O–H groups in total. The molecule has 1 aliphatic heterocycles. The fraction of sp³-hybridized carbons (Fsp3) is 0.467. The Bertz CT molecular complexity index is 689. The van der Waals surface area contributed by atoms with Gasteiger partial charge in [0.2, 0.25) is 0 Å². The van der Waals surface area contributed by atoms with Gasteiger partial charge in [-0.15, -0.1) is 0 Å². The average Bonchev–Trinajstić information content (AvgIpc) is 2.52. The molecule has 0 unspecified atom stereocenters. The van der Waals surface area contributed by atoms with Crippen LogP contribution in [0.25, 0.3) is 0 Å². The van der Waals surface area contributed by atoms with Gasteiger partial charge in [-0.1, -0.05) is 0 Å². The molecule has 8 heteroatoms. The SMILES string of the molecule is CS(=O)(=O)c1ccc(C(=O)NCC2(C(=O)O)CCOCC2)cc1. The Balaban J connectivity index is 2.05. The van der Waals surface area contributed by atoms with Crippen molar-refractivity contribution in [3.05, 3.63) is 29.8 Å². The number of rotatable bonds is 5. The molecule has 0 atom stereocenters. The summed E-state index contributed by atoms with van der Waals surface area (Å²) in [4.78, 5) is 23.8. The fourth-order valence-electron chi connectivity index (χ4n) is 2.43. The normalized spacial score (nSPS) is 17.4. The molecule has 0 saturated carbocycles. The third kappa shape index (κ3) is 4.08. The van der Waals surface area contributed by atoms with Crippen LogP contribution in [0.2, 0.25) is 0 Å². The van der Waals surface area contributed by atoms with Gasteiger partial charge in [0.15, 0.2) is 9.84 Å². The number of carbonyl (C=O) groups is 2. The van der Waals surface area contributed by atoms with Crippen LogP contribution in [0.1, 0.15) is 23.2 Å². The monoisotopic (exact) mass is 341 g/mol. The van der Waals surface area contributed by atoms with E-state index in [2.05, 4.69) is 5.32 Å². The first-order valence-corrected chi connectivity index (χ1v) is 9.03. The summed E-state index contributed by atoms with van der Waals surface area (Å²) in [5.41, 5.74) is -0.731. The van der Waals surface area contributed by atoms with E-state index in [1.54, 1.807) is 0 Å². The number of aliphatic carboxylic acids is 1. The van der Waals surface area contributed by atoms with Gasteiger partial charge < -0.3 is 15.2 Å². The van der Waals surface area contributed by atoms with Gasteiger partial charge >= 0.3 is 5.97 Å². The van der Waals surface area contributed by atoms with Crippen LogP contribution in [0.5, 0.6) is 0 Å². The quantitative estimate of drug-likeness (QED) is 0.816. The summed E-state index contributed by atoms with van der Waals surface area (Å²) in [7, 11) is -3.32. The average molecular weight is 341 g/mol. The highest BCUT2D eigenvalue weighted by Crippen LogP contribution is 2.30. The van der Waals surface area contributed by atoms with Gasteiger partial charge in [0.25, 0.3) is 5.91 Å². The summed E-state index contributed by atoms with van der Waals surface area (Å²) >= 11 is 0. The standard InChI is InChI=1S/C15H19NO6S/c1-23(20,21)12-4-2-11(3-5-12)13(17)16-10-15(14(18)19)6-8-22-9-7-15/h2-5H,6-10H2,1H3,(H,16,17)(H,18,19). The number of benzene rings is 1. The summed E-state index contributed by atoms with van der Waals surface area (Å²) < 4.78 is 27.9. The summed E-state index contributed by atoms with van der Waals surface area (Å²) in [6, 6.07) is 5.52. The molecule has 1 aromatic carbocycles. The van der Waals surface area contributed by atoms with Crippen LogP contribution < -0.4 is 5.32 Å². The third-order valence-corrected chi connectivity index (χ3v) is 5.16. The topological polar surface area (TPSA) is 110 Å². The minimum absolute atomic E-state index is 0.0123. The Labute approximate surface area is 134 Å². The second-order valence-corrected chi connectivity index (χ2v) is 7.69. The van der Waals surface area contributed by atoms with Crippen LogP contribution >= 0.6 is 0 Å². The van der Waals surface area contributed by atoms with Crippen LogP contribution in [0.4, 0.5) is 0 Å². The van der Waals surface area contributed by atoms with Gasteiger partial charge in [-0.2, -0.15) is 0 Å². The minimum Gasteiger partial charge on any atom is -0.481 e. The maximum Gasteiger partial charge on any atom is 0.311 e. The molecule has 23 heavy (non-hydrogen) atoms. The lowest BCUT2D eigenvalue weighted by molar-refractivity contribution is -0.154. The van der Waals surface area contributed by atoms with E-state index in [1.165, 1.54) is 24.3 Å². The Morgan fingerprint density at radius 3 is 2.26 bits per heavy atom. The smallest absolute Gasteiger partial charge is 0.311 e. The molecule has 0 spiro atoms.